The topological polar surface area (TPSA) is 55.0 Å². The molecule has 2 aromatic rings. The van der Waals surface area contributed by atoms with E-state index in [1.807, 2.05) is 0 Å². The third-order valence-corrected chi connectivity index (χ3v) is 2.79. The van der Waals surface area contributed by atoms with E-state index in [0.29, 0.717) is 5.52 Å². The highest BCUT2D eigenvalue weighted by Gasteiger charge is 2.43. The summed E-state index contributed by atoms with van der Waals surface area (Å²) in [7, 11) is 0. The minimum atomic E-state index is -2.57. The number of nitrogens with two attached hydrogens (primary N) is 1. The minimum Gasteiger partial charge on any atom is -0.368 e. The van der Waals surface area contributed by atoms with Crippen LogP contribution in [0.4, 0.5) is 20.4 Å². The first-order valence-corrected chi connectivity index (χ1v) is 5.19. The van der Waals surface area contributed by atoms with Crippen molar-refractivity contribution >= 4 is 22.5 Å². The number of hydrogen-bond acceptors (Lipinski definition) is 4. The summed E-state index contributed by atoms with van der Waals surface area (Å²) in [5, 5.41) is 0.843. The summed E-state index contributed by atoms with van der Waals surface area (Å²) in [5.41, 5.74) is 6.89. The largest absolute Gasteiger partial charge is 0.368 e. The molecule has 0 amide bonds. The zero-order chi connectivity index (χ0) is 12.0. The van der Waals surface area contributed by atoms with Gasteiger partial charge in [-0.2, -0.15) is 0 Å². The molecule has 1 saturated heterocycles. The third kappa shape index (κ3) is 1.75. The van der Waals surface area contributed by atoms with E-state index in [9.17, 15) is 8.78 Å². The van der Waals surface area contributed by atoms with Crippen molar-refractivity contribution in [1.82, 2.24) is 9.97 Å². The maximum absolute atomic E-state index is 12.8. The van der Waals surface area contributed by atoms with Gasteiger partial charge in [-0.25, -0.2) is 18.7 Å². The predicted octanol–water partition coefficient (Wildman–Crippen LogP) is 1.67. The molecule has 17 heavy (non-hydrogen) atoms. The number of rotatable bonds is 1. The summed E-state index contributed by atoms with van der Waals surface area (Å²) < 4.78 is 25.5. The van der Waals surface area contributed by atoms with Crippen LogP contribution in [0.25, 0.3) is 10.9 Å². The summed E-state index contributed by atoms with van der Waals surface area (Å²) >= 11 is 0. The monoisotopic (exact) mass is 236 g/mol. The third-order valence-electron chi connectivity index (χ3n) is 2.79. The van der Waals surface area contributed by atoms with E-state index in [1.165, 1.54) is 0 Å². The smallest absolute Gasteiger partial charge is 0.282 e. The van der Waals surface area contributed by atoms with Gasteiger partial charge in [-0.15, -0.1) is 0 Å². The lowest BCUT2D eigenvalue weighted by molar-refractivity contribution is -0.0262. The second-order valence-corrected chi connectivity index (χ2v) is 4.18. The van der Waals surface area contributed by atoms with Crippen LogP contribution in [0.15, 0.2) is 24.4 Å². The molecule has 0 saturated carbocycles. The van der Waals surface area contributed by atoms with Gasteiger partial charge in [0.25, 0.3) is 5.92 Å². The molecule has 0 bridgehead atoms. The van der Waals surface area contributed by atoms with Gasteiger partial charge in [-0.3, -0.25) is 0 Å². The van der Waals surface area contributed by atoms with Gasteiger partial charge in [0.1, 0.15) is 0 Å². The first-order chi connectivity index (χ1) is 8.03. The number of nitrogen functional groups attached to an aromatic ring is 1. The summed E-state index contributed by atoms with van der Waals surface area (Å²) in [6, 6.07) is 5.35. The standard InChI is InChI=1S/C11H10F2N4/c12-11(13)5-17(6-11)8-2-1-7-4-15-10(14)16-9(7)3-8/h1-4H,5-6H2,(H2,14,15,16). The number of benzene rings is 1. The lowest BCUT2D eigenvalue weighted by atomic mass is 10.1. The first kappa shape index (κ1) is 10.2. The molecule has 0 radical (unpaired) electrons. The molecule has 1 aliphatic heterocycles. The van der Waals surface area contributed by atoms with Gasteiger partial charge < -0.3 is 10.6 Å². The van der Waals surface area contributed by atoms with Gasteiger partial charge >= 0.3 is 0 Å². The Kier molecular flexibility index (Phi) is 1.95. The van der Waals surface area contributed by atoms with Crippen molar-refractivity contribution in [3.63, 3.8) is 0 Å². The Morgan fingerprint density at radius 3 is 2.76 bits per heavy atom. The summed E-state index contributed by atoms with van der Waals surface area (Å²) in [5.74, 6) is -2.39. The zero-order valence-electron chi connectivity index (χ0n) is 8.90. The maximum Gasteiger partial charge on any atom is 0.282 e. The van der Waals surface area contributed by atoms with E-state index < -0.39 is 5.92 Å². The van der Waals surface area contributed by atoms with E-state index in [-0.39, 0.29) is 19.0 Å². The average molecular weight is 236 g/mol. The molecule has 1 aromatic carbocycles. The van der Waals surface area contributed by atoms with Crippen LogP contribution in [0.3, 0.4) is 0 Å². The molecule has 2 N–H and O–H groups in total. The second kappa shape index (κ2) is 3.26. The van der Waals surface area contributed by atoms with Crippen LogP contribution in [0.5, 0.6) is 0 Å². The van der Waals surface area contributed by atoms with Crippen LogP contribution >= 0.6 is 0 Å². The SMILES string of the molecule is Nc1ncc2ccc(N3CC(F)(F)C3)cc2n1. The quantitative estimate of drug-likeness (QED) is 0.818. The van der Waals surface area contributed by atoms with Crippen molar-refractivity contribution in [1.29, 1.82) is 0 Å². The minimum absolute atomic E-state index is 0.184. The van der Waals surface area contributed by atoms with Crippen molar-refractivity contribution in [2.75, 3.05) is 23.7 Å². The zero-order valence-corrected chi connectivity index (χ0v) is 8.90. The van der Waals surface area contributed by atoms with Crippen molar-refractivity contribution in [2.45, 2.75) is 5.92 Å². The highest BCUT2D eigenvalue weighted by molar-refractivity contribution is 5.82. The van der Waals surface area contributed by atoms with E-state index >= 15 is 0 Å². The average Bonchev–Trinajstić information content (AvgIpc) is 2.24. The molecule has 1 fully saturated rings. The Morgan fingerprint density at radius 2 is 2.06 bits per heavy atom. The second-order valence-electron chi connectivity index (χ2n) is 4.18. The van der Waals surface area contributed by atoms with Gasteiger partial charge in [0.05, 0.1) is 18.6 Å². The summed E-state index contributed by atoms with van der Waals surface area (Å²) in [6.45, 7) is -0.474. The Hall–Kier alpha value is -1.98. The number of hydrogen-bond donors (Lipinski definition) is 1. The lowest BCUT2D eigenvalue weighted by Gasteiger charge is -2.40. The van der Waals surface area contributed by atoms with Gasteiger partial charge in [0.2, 0.25) is 5.95 Å². The van der Waals surface area contributed by atoms with Crippen LogP contribution in [0.1, 0.15) is 0 Å². The number of fused-ring (bicyclic) bond motifs is 1. The highest BCUT2D eigenvalue weighted by Crippen LogP contribution is 2.32. The number of aromatic nitrogens is 2. The summed E-state index contributed by atoms with van der Waals surface area (Å²) in [4.78, 5) is 9.55. The van der Waals surface area contributed by atoms with Gasteiger partial charge in [0.15, 0.2) is 0 Å². The molecule has 0 atom stereocenters. The molecule has 3 rings (SSSR count). The van der Waals surface area contributed by atoms with E-state index in [1.54, 1.807) is 29.3 Å². The predicted molar refractivity (Wildman–Crippen MR) is 61.1 cm³/mol. The normalized spacial score (nSPS) is 18.1. The van der Waals surface area contributed by atoms with Gasteiger partial charge in [0, 0.05) is 17.3 Å². The number of alkyl halides is 2. The molecule has 0 aliphatic carbocycles. The molecule has 1 aliphatic rings. The fraction of sp³-hybridized carbons (Fsp3) is 0.273. The molecule has 0 unspecified atom stereocenters. The van der Waals surface area contributed by atoms with Crippen LogP contribution in [0, 0.1) is 0 Å². The molecule has 88 valence electrons. The van der Waals surface area contributed by atoms with Crippen molar-refractivity contribution in [3.8, 4) is 0 Å². The lowest BCUT2D eigenvalue weighted by Crippen LogP contribution is -2.56. The van der Waals surface area contributed by atoms with Gasteiger partial charge in [-0.1, -0.05) is 0 Å². The number of anilines is 2. The number of nitrogens with zero attached hydrogens (tertiary/aromatic N) is 3. The summed E-state index contributed by atoms with van der Waals surface area (Å²) in [6.07, 6.45) is 1.62. The molecule has 6 heteroatoms. The fourth-order valence-corrected chi connectivity index (χ4v) is 1.92. The molecular weight excluding hydrogens is 226 g/mol. The van der Waals surface area contributed by atoms with Crippen molar-refractivity contribution in [3.05, 3.63) is 24.4 Å². The van der Waals surface area contributed by atoms with Crippen molar-refractivity contribution < 1.29 is 8.78 Å². The van der Waals surface area contributed by atoms with E-state index in [0.717, 1.165) is 11.1 Å². The molecule has 2 heterocycles. The molecule has 0 spiro atoms. The van der Waals surface area contributed by atoms with Crippen molar-refractivity contribution in [2.24, 2.45) is 0 Å². The first-order valence-electron chi connectivity index (χ1n) is 5.19. The molecule has 1 aromatic heterocycles. The molecular formula is C11H10F2N4. The Balaban J connectivity index is 1.97. The highest BCUT2D eigenvalue weighted by atomic mass is 19.3. The van der Waals surface area contributed by atoms with Crippen LogP contribution in [0.2, 0.25) is 0 Å². The van der Waals surface area contributed by atoms with Crippen LogP contribution in [-0.2, 0) is 0 Å². The Bertz CT molecular complexity index is 577. The maximum atomic E-state index is 12.8. The molecule has 4 nitrogen and oxygen atoms in total. The Labute approximate surface area is 96.1 Å². The number of halogens is 2. The van der Waals surface area contributed by atoms with Gasteiger partial charge in [-0.05, 0) is 18.2 Å². The fourth-order valence-electron chi connectivity index (χ4n) is 1.92. The van der Waals surface area contributed by atoms with Crippen LogP contribution < -0.4 is 10.6 Å². The van der Waals surface area contributed by atoms with E-state index in [2.05, 4.69) is 9.97 Å². The van der Waals surface area contributed by atoms with Crippen LogP contribution in [-0.4, -0.2) is 29.0 Å². The Morgan fingerprint density at radius 1 is 1.29 bits per heavy atom. The van der Waals surface area contributed by atoms with E-state index in [4.69, 9.17) is 5.73 Å².